The van der Waals surface area contributed by atoms with Crippen LogP contribution in [0.3, 0.4) is 0 Å². The summed E-state index contributed by atoms with van der Waals surface area (Å²) < 4.78 is 41.2. The van der Waals surface area contributed by atoms with E-state index >= 15 is 0 Å². The molecular formula is C23H18F3N3O3S. The molecule has 10 heteroatoms. The summed E-state index contributed by atoms with van der Waals surface area (Å²) in [5.41, 5.74) is 0.692. The smallest absolute Gasteiger partial charge is 0.416 e. The minimum Gasteiger partial charge on any atom is -0.478 e. The van der Waals surface area contributed by atoms with Crippen molar-refractivity contribution in [1.29, 1.82) is 0 Å². The van der Waals surface area contributed by atoms with Crippen LogP contribution in [0.25, 0.3) is 11.0 Å². The highest BCUT2D eigenvalue weighted by Crippen LogP contribution is 2.30. The van der Waals surface area contributed by atoms with Gasteiger partial charge < -0.3 is 15.0 Å². The molecule has 6 nitrogen and oxygen atoms in total. The molecule has 0 aliphatic rings. The Morgan fingerprint density at radius 1 is 1.09 bits per heavy atom. The number of alkyl halides is 3. The van der Waals surface area contributed by atoms with Gasteiger partial charge in [0.15, 0.2) is 0 Å². The van der Waals surface area contributed by atoms with Crippen LogP contribution < -0.4 is 5.32 Å². The first-order valence-electron chi connectivity index (χ1n) is 9.92. The van der Waals surface area contributed by atoms with Crippen LogP contribution in [0, 0.1) is 0 Å². The summed E-state index contributed by atoms with van der Waals surface area (Å²) in [6.07, 6.45) is -4.16. The molecule has 2 N–H and O–H groups in total. The lowest BCUT2D eigenvalue weighted by atomic mass is 10.1. The molecule has 2 aromatic heterocycles. The minimum absolute atomic E-state index is 0.0465. The molecular weight excluding hydrogens is 455 g/mol. The van der Waals surface area contributed by atoms with Gasteiger partial charge >= 0.3 is 12.1 Å². The highest BCUT2D eigenvalue weighted by atomic mass is 32.1. The van der Waals surface area contributed by atoms with E-state index in [1.54, 1.807) is 34.2 Å². The molecule has 0 saturated heterocycles. The number of carboxylic acid groups (broad SMARTS) is 1. The number of amides is 1. The predicted molar refractivity (Wildman–Crippen MR) is 118 cm³/mol. The van der Waals surface area contributed by atoms with Gasteiger partial charge in [0, 0.05) is 19.5 Å². The van der Waals surface area contributed by atoms with Crippen LogP contribution in [-0.2, 0) is 19.1 Å². The second-order valence-electron chi connectivity index (χ2n) is 7.30. The van der Waals surface area contributed by atoms with Gasteiger partial charge in [-0.05, 0) is 47.3 Å². The van der Waals surface area contributed by atoms with E-state index in [-0.39, 0.29) is 24.6 Å². The van der Waals surface area contributed by atoms with Gasteiger partial charge in [0.05, 0.1) is 27.0 Å². The molecule has 0 atom stereocenters. The molecule has 0 spiro atoms. The lowest BCUT2D eigenvalue weighted by molar-refractivity contribution is -0.137. The standard InChI is InChI=1S/C23H18F3N3O3S/c24-23(25,26)16-4-1-3-14(11-16)13-29-18-12-15(22(31)32)6-7-17(18)28-20(29)8-9-27-21(30)19-5-2-10-33-19/h1-7,10-12H,8-9,13H2,(H,27,30)(H,31,32). The molecule has 0 fully saturated rings. The van der Waals surface area contributed by atoms with Crippen LogP contribution in [0.15, 0.2) is 60.0 Å². The molecule has 2 aromatic carbocycles. The number of imidazole rings is 1. The Morgan fingerprint density at radius 3 is 2.61 bits per heavy atom. The van der Waals surface area contributed by atoms with Crippen molar-refractivity contribution in [2.45, 2.75) is 19.1 Å². The second kappa shape index (κ2) is 9.07. The van der Waals surface area contributed by atoms with Crippen LogP contribution in [0.1, 0.15) is 37.0 Å². The SMILES string of the molecule is O=C(O)c1ccc2nc(CCNC(=O)c3cccs3)n(Cc3cccc(C(F)(F)F)c3)c2c1. The summed E-state index contributed by atoms with van der Waals surface area (Å²) >= 11 is 1.31. The number of fused-ring (bicyclic) bond motifs is 1. The number of aromatic nitrogens is 2. The molecule has 0 radical (unpaired) electrons. The number of aromatic carboxylic acids is 1. The van der Waals surface area contributed by atoms with Gasteiger partial charge in [0.25, 0.3) is 5.91 Å². The number of carboxylic acids is 1. The van der Waals surface area contributed by atoms with Crippen molar-refractivity contribution < 1.29 is 27.9 Å². The fourth-order valence-electron chi connectivity index (χ4n) is 3.48. The van der Waals surface area contributed by atoms with Gasteiger partial charge in [-0.25, -0.2) is 9.78 Å². The molecule has 170 valence electrons. The van der Waals surface area contributed by atoms with Crippen molar-refractivity contribution in [1.82, 2.24) is 14.9 Å². The van der Waals surface area contributed by atoms with Crippen molar-refractivity contribution in [3.05, 3.63) is 87.4 Å². The third kappa shape index (κ3) is 5.06. The van der Waals surface area contributed by atoms with Crippen molar-refractivity contribution in [3.8, 4) is 0 Å². The normalized spacial score (nSPS) is 11.6. The van der Waals surface area contributed by atoms with Crippen LogP contribution in [0.5, 0.6) is 0 Å². The average molecular weight is 473 g/mol. The van der Waals surface area contributed by atoms with Crippen molar-refractivity contribution in [2.75, 3.05) is 6.54 Å². The first kappa shape index (κ1) is 22.5. The number of thiophene rings is 1. The van der Waals surface area contributed by atoms with Crippen LogP contribution in [0.2, 0.25) is 0 Å². The van der Waals surface area contributed by atoms with E-state index in [0.717, 1.165) is 12.1 Å². The third-order valence-electron chi connectivity index (χ3n) is 5.05. The highest BCUT2D eigenvalue weighted by Gasteiger charge is 2.30. The Bertz CT molecular complexity index is 1310. The molecule has 4 aromatic rings. The molecule has 33 heavy (non-hydrogen) atoms. The molecule has 2 heterocycles. The summed E-state index contributed by atoms with van der Waals surface area (Å²) in [4.78, 5) is 28.7. The fraction of sp³-hybridized carbons (Fsp3) is 0.174. The van der Waals surface area contributed by atoms with Gasteiger partial charge in [-0.15, -0.1) is 11.3 Å². The molecule has 0 aliphatic carbocycles. The maximum Gasteiger partial charge on any atom is 0.416 e. The number of hydrogen-bond donors (Lipinski definition) is 2. The molecule has 0 unspecified atom stereocenters. The first-order chi connectivity index (χ1) is 15.7. The van der Waals surface area contributed by atoms with E-state index in [1.165, 1.54) is 29.5 Å². The number of nitrogens with zero attached hydrogens (tertiary/aromatic N) is 2. The van der Waals surface area contributed by atoms with Gasteiger partial charge in [0.1, 0.15) is 5.82 Å². The zero-order chi connectivity index (χ0) is 23.6. The van der Waals surface area contributed by atoms with Gasteiger partial charge in [0.2, 0.25) is 0 Å². The molecule has 0 saturated carbocycles. The summed E-state index contributed by atoms with van der Waals surface area (Å²) in [6, 6.07) is 12.9. The first-order valence-corrected chi connectivity index (χ1v) is 10.8. The predicted octanol–water partition coefficient (Wildman–Crippen LogP) is 4.84. The largest absolute Gasteiger partial charge is 0.478 e. The fourth-order valence-corrected chi connectivity index (χ4v) is 4.12. The topological polar surface area (TPSA) is 84.2 Å². The Labute approximate surface area is 190 Å². The van der Waals surface area contributed by atoms with E-state index in [9.17, 15) is 27.9 Å². The Balaban J connectivity index is 1.65. The van der Waals surface area contributed by atoms with Crippen molar-refractivity contribution >= 4 is 34.2 Å². The van der Waals surface area contributed by atoms with E-state index in [1.807, 2.05) is 0 Å². The number of halogens is 3. The Morgan fingerprint density at radius 2 is 1.91 bits per heavy atom. The minimum atomic E-state index is -4.47. The van der Waals surface area contributed by atoms with E-state index in [0.29, 0.717) is 33.7 Å². The third-order valence-corrected chi connectivity index (χ3v) is 5.92. The van der Waals surface area contributed by atoms with E-state index in [4.69, 9.17) is 0 Å². The Hall–Kier alpha value is -3.66. The number of rotatable bonds is 7. The number of nitrogens with one attached hydrogen (secondary N) is 1. The maximum atomic E-state index is 13.2. The lowest BCUT2D eigenvalue weighted by Crippen LogP contribution is -2.25. The quantitative estimate of drug-likeness (QED) is 0.403. The number of hydrogen-bond acceptors (Lipinski definition) is 4. The van der Waals surface area contributed by atoms with Crippen molar-refractivity contribution in [3.63, 3.8) is 0 Å². The van der Waals surface area contributed by atoms with Gasteiger partial charge in [-0.1, -0.05) is 18.2 Å². The molecule has 0 aliphatic heterocycles. The monoisotopic (exact) mass is 473 g/mol. The zero-order valence-electron chi connectivity index (χ0n) is 17.1. The molecule has 1 amide bonds. The summed E-state index contributed by atoms with van der Waals surface area (Å²) in [6.45, 7) is 0.326. The number of carbonyl (C=O) groups is 2. The van der Waals surface area contributed by atoms with Crippen LogP contribution in [0.4, 0.5) is 13.2 Å². The van der Waals surface area contributed by atoms with Gasteiger partial charge in [-0.3, -0.25) is 4.79 Å². The summed E-state index contributed by atoms with van der Waals surface area (Å²) in [5.74, 6) is -0.816. The second-order valence-corrected chi connectivity index (χ2v) is 8.25. The maximum absolute atomic E-state index is 13.2. The zero-order valence-corrected chi connectivity index (χ0v) is 17.9. The number of carbonyl (C=O) groups excluding carboxylic acids is 1. The van der Waals surface area contributed by atoms with Crippen molar-refractivity contribution in [2.24, 2.45) is 0 Å². The molecule has 4 rings (SSSR count). The van der Waals surface area contributed by atoms with E-state index in [2.05, 4.69) is 10.3 Å². The Kier molecular flexibility index (Phi) is 6.19. The van der Waals surface area contributed by atoms with Crippen LogP contribution >= 0.6 is 11.3 Å². The highest BCUT2D eigenvalue weighted by molar-refractivity contribution is 7.12. The lowest BCUT2D eigenvalue weighted by Gasteiger charge is -2.12. The summed E-state index contributed by atoms with van der Waals surface area (Å²) in [7, 11) is 0. The number of benzene rings is 2. The molecule has 0 bridgehead atoms. The van der Waals surface area contributed by atoms with Crippen LogP contribution in [-0.4, -0.2) is 33.1 Å². The average Bonchev–Trinajstić information content (AvgIpc) is 3.42. The van der Waals surface area contributed by atoms with E-state index < -0.39 is 17.7 Å². The van der Waals surface area contributed by atoms with Gasteiger partial charge in [-0.2, -0.15) is 13.2 Å². The summed E-state index contributed by atoms with van der Waals surface area (Å²) in [5, 5.41) is 13.9.